The van der Waals surface area contributed by atoms with E-state index in [9.17, 15) is 5.11 Å². The Hall–Kier alpha value is -1.36. The summed E-state index contributed by atoms with van der Waals surface area (Å²) in [6.45, 7) is 4.97. The van der Waals surface area contributed by atoms with Crippen LogP contribution in [0.2, 0.25) is 5.02 Å². The van der Waals surface area contributed by atoms with Gasteiger partial charge in [-0.2, -0.15) is 5.10 Å². The standard InChI is InChI=1S/C16H22ClN3O/c1-11(10-21)12(2)18-8-13-9-20(3)19-16(13)14-6-4-5-7-15(14)17/h4-7,9,11-12,18,21H,8,10H2,1-3H3. The van der Waals surface area contributed by atoms with E-state index in [1.165, 1.54) is 0 Å². The number of aryl methyl sites for hydroxylation is 1. The third-order valence-electron chi connectivity index (χ3n) is 3.79. The Balaban J connectivity index is 2.20. The van der Waals surface area contributed by atoms with E-state index in [-0.39, 0.29) is 18.6 Å². The molecular weight excluding hydrogens is 286 g/mol. The summed E-state index contributed by atoms with van der Waals surface area (Å²) in [4.78, 5) is 0. The van der Waals surface area contributed by atoms with E-state index < -0.39 is 0 Å². The molecule has 0 fully saturated rings. The monoisotopic (exact) mass is 307 g/mol. The van der Waals surface area contributed by atoms with Gasteiger partial charge in [-0.1, -0.05) is 36.7 Å². The number of aliphatic hydroxyl groups is 1. The Bertz CT molecular complexity index is 597. The largest absolute Gasteiger partial charge is 0.396 e. The fraction of sp³-hybridized carbons (Fsp3) is 0.438. The molecule has 21 heavy (non-hydrogen) atoms. The van der Waals surface area contributed by atoms with E-state index in [2.05, 4.69) is 17.3 Å². The zero-order valence-electron chi connectivity index (χ0n) is 12.7. The Labute approximate surface area is 130 Å². The van der Waals surface area contributed by atoms with Crippen LogP contribution in [-0.2, 0) is 13.6 Å². The number of hydrogen-bond donors (Lipinski definition) is 2. The van der Waals surface area contributed by atoms with Gasteiger partial charge in [0.25, 0.3) is 0 Å². The Morgan fingerprint density at radius 1 is 1.33 bits per heavy atom. The molecule has 0 aliphatic carbocycles. The summed E-state index contributed by atoms with van der Waals surface area (Å²) < 4.78 is 1.80. The minimum atomic E-state index is 0.179. The fourth-order valence-corrected chi connectivity index (χ4v) is 2.40. The molecule has 1 heterocycles. The molecule has 0 bridgehead atoms. The van der Waals surface area contributed by atoms with Crippen LogP contribution in [0.25, 0.3) is 11.3 Å². The summed E-state index contributed by atoms with van der Waals surface area (Å²) >= 11 is 6.27. The van der Waals surface area contributed by atoms with E-state index in [0.29, 0.717) is 11.6 Å². The van der Waals surface area contributed by atoms with Gasteiger partial charge in [-0.15, -0.1) is 0 Å². The van der Waals surface area contributed by atoms with Gasteiger partial charge in [0.1, 0.15) is 0 Å². The van der Waals surface area contributed by atoms with Crippen molar-refractivity contribution in [3.8, 4) is 11.3 Å². The zero-order chi connectivity index (χ0) is 15.4. The number of aliphatic hydroxyl groups excluding tert-OH is 1. The second kappa shape index (κ2) is 7.07. The van der Waals surface area contributed by atoms with Crippen LogP contribution < -0.4 is 5.32 Å². The Kier molecular flexibility index (Phi) is 5.39. The lowest BCUT2D eigenvalue weighted by Crippen LogP contribution is -2.33. The Morgan fingerprint density at radius 3 is 2.71 bits per heavy atom. The minimum Gasteiger partial charge on any atom is -0.396 e. The summed E-state index contributed by atoms with van der Waals surface area (Å²) in [6.07, 6.45) is 2.00. The highest BCUT2D eigenvalue weighted by molar-refractivity contribution is 6.33. The van der Waals surface area contributed by atoms with Gasteiger partial charge in [-0.25, -0.2) is 0 Å². The molecule has 4 nitrogen and oxygen atoms in total. The zero-order valence-corrected chi connectivity index (χ0v) is 13.4. The molecule has 2 atom stereocenters. The number of aromatic nitrogens is 2. The fourth-order valence-electron chi connectivity index (χ4n) is 2.18. The van der Waals surface area contributed by atoms with Crippen molar-refractivity contribution < 1.29 is 5.11 Å². The van der Waals surface area contributed by atoms with Gasteiger partial charge in [0.2, 0.25) is 0 Å². The number of nitrogens with one attached hydrogen (secondary N) is 1. The van der Waals surface area contributed by atoms with Gasteiger partial charge in [-0.3, -0.25) is 4.68 Å². The number of halogens is 1. The quantitative estimate of drug-likeness (QED) is 0.863. The molecule has 2 N–H and O–H groups in total. The number of benzene rings is 1. The molecule has 1 aromatic carbocycles. The van der Waals surface area contributed by atoms with Crippen LogP contribution in [0.5, 0.6) is 0 Å². The molecule has 0 radical (unpaired) electrons. The second-order valence-corrected chi connectivity index (χ2v) is 5.89. The average Bonchev–Trinajstić information content (AvgIpc) is 2.85. The third-order valence-corrected chi connectivity index (χ3v) is 4.12. The van der Waals surface area contributed by atoms with Crippen molar-refractivity contribution in [2.75, 3.05) is 6.61 Å². The number of hydrogen-bond acceptors (Lipinski definition) is 3. The van der Waals surface area contributed by atoms with Crippen LogP contribution in [-0.4, -0.2) is 27.5 Å². The first-order chi connectivity index (χ1) is 10.0. The van der Waals surface area contributed by atoms with Gasteiger partial charge in [0.15, 0.2) is 0 Å². The van der Waals surface area contributed by atoms with Crippen molar-refractivity contribution >= 4 is 11.6 Å². The predicted octanol–water partition coefficient (Wildman–Crippen LogP) is 2.85. The summed E-state index contributed by atoms with van der Waals surface area (Å²) in [5, 5.41) is 17.9. The van der Waals surface area contributed by atoms with Crippen LogP contribution in [0.15, 0.2) is 30.5 Å². The van der Waals surface area contributed by atoms with E-state index in [0.717, 1.165) is 16.8 Å². The van der Waals surface area contributed by atoms with Gasteiger partial charge >= 0.3 is 0 Å². The molecule has 0 saturated heterocycles. The molecule has 2 aromatic rings. The lowest BCUT2D eigenvalue weighted by Gasteiger charge is -2.19. The Morgan fingerprint density at radius 2 is 2.05 bits per heavy atom. The van der Waals surface area contributed by atoms with Gasteiger partial charge in [0, 0.05) is 43.6 Å². The normalized spacial score (nSPS) is 14.1. The molecule has 0 aliphatic heterocycles. The lowest BCUT2D eigenvalue weighted by atomic mass is 10.0. The van der Waals surface area contributed by atoms with Crippen molar-refractivity contribution in [1.82, 2.24) is 15.1 Å². The topological polar surface area (TPSA) is 50.1 Å². The SMILES string of the molecule is CC(CO)C(C)NCc1cn(C)nc1-c1ccccc1Cl. The van der Waals surface area contributed by atoms with Crippen molar-refractivity contribution in [2.24, 2.45) is 13.0 Å². The summed E-state index contributed by atoms with van der Waals surface area (Å²) in [5.74, 6) is 0.213. The lowest BCUT2D eigenvalue weighted by molar-refractivity contribution is 0.207. The van der Waals surface area contributed by atoms with Crippen molar-refractivity contribution in [3.05, 3.63) is 41.0 Å². The van der Waals surface area contributed by atoms with Crippen molar-refractivity contribution in [1.29, 1.82) is 0 Å². The maximum atomic E-state index is 9.20. The first-order valence-corrected chi connectivity index (χ1v) is 7.52. The van der Waals surface area contributed by atoms with Gasteiger partial charge in [0.05, 0.1) is 10.7 Å². The van der Waals surface area contributed by atoms with Crippen LogP contribution in [0.3, 0.4) is 0 Å². The predicted molar refractivity (Wildman–Crippen MR) is 86.2 cm³/mol. The van der Waals surface area contributed by atoms with E-state index in [4.69, 9.17) is 11.6 Å². The molecule has 114 valence electrons. The van der Waals surface area contributed by atoms with E-state index >= 15 is 0 Å². The molecular formula is C16H22ClN3O. The second-order valence-electron chi connectivity index (χ2n) is 5.49. The highest BCUT2D eigenvalue weighted by Gasteiger charge is 2.15. The van der Waals surface area contributed by atoms with Crippen molar-refractivity contribution in [3.63, 3.8) is 0 Å². The first kappa shape index (κ1) is 16.0. The first-order valence-electron chi connectivity index (χ1n) is 7.14. The van der Waals surface area contributed by atoms with Crippen LogP contribution in [0.4, 0.5) is 0 Å². The number of rotatable bonds is 6. The van der Waals surface area contributed by atoms with Crippen LogP contribution >= 0.6 is 11.6 Å². The van der Waals surface area contributed by atoms with Gasteiger partial charge < -0.3 is 10.4 Å². The summed E-state index contributed by atoms with van der Waals surface area (Å²) in [5.41, 5.74) is 2.95. The molecule has 2 rings (SSSR count). The third kappa shape index (κ3) is 3.84. The molecule has 0 saturated carbocycles. The smallest absolute Gasteiger partial charge is 0.0982 e. The molecule has 0 spiro atoms. The average molecular weight is 308 g/mol. The maximum Gasteiger partial charge on any atom is 0.0982 e. The molecule has 5 heteroatoms. The summed E-state index contributed by atoms with van der Waals surface area (Å²) in [7, 11) is 1.91. The van der Waals surface area contributed by atoms with Gasteiger partial charge in [-0.05, 0) is 18.9 Å². The molecule has 0 amide bonds. The highest BCUT2D eigenvalue weighted by Crippen LogP contribution is 2.29. The summed E-state index contributed by atoms with van der Waals surface area (Å²) in [6, 6.07) is 7.96. The van der Waals surface area contributed by atoms with E-state index in [1.54, 1.807) is 4.68 Å². The minimum absolute atomic E-state index is 0.179. The van der Waals surface area contributed by atoms with Crippen LogP contribution in [0.1, 0.15) is 19.4 Å². The van der Waals surface area contributed by atoms with Crippen molar-refractivity contribution in [2.45, 2.75) is 26.4 Å². The highest BCUT2D eigenvalue weighted by atomic mass is 35.5. The van der Waals surface area contributed by atoms with Crippen LogP contribution in [0, 0.1) is 5.92 Å². The molecule has 2 unspecified atom stereocenters. The molecule has 1 aromatic heterocycles. The molecule has 0 aliphatic rings. The number of nitrogens with zero attached hydrogens (tertiary/aromatic N) is 2. The van der Waals surface area contributed by atoms with E-state index in [1.807, 2.05) is 44.4 Å². The maximum absolute atomic E-state index is 9.20.